The number of nitrogens with one attached hydrogen (secondary N) is 1. The van der Waals surface area contributed by atoms with Crippen LogP contribution in [0.3, 0.4) is 0 Å². The van der Waals surface area contributed by atoms with Gasteiger partial charge in [0.05, 0.1) is 5.69 Å². The van der Waals surface area contributed by atoms with Crippen molar-refractivity contribution in [1.29, 1.82) is 0 Å². The molecule has 20 heavy (non-hydrogen) atoms. The molecular weight excluding hydrogens is 254 g/mol. The summed E-state index contributed by atoms with van der Waals surface area (Å²) in [6.07, 6.45) is 1.45. The Labute approximate surface area is 119 Å². The summed E-state index contributed by atoms with van der Waals surface area (Å²) in [5.41, 5.74) is 2.15. The number of nitrogens with zero attached hydrogens (tertiary/aromatic N) is 2. The summed E-state index contributed by atoms with van der Waals surface area (Å²) >= 11 is 0. The Hall–Kier alpha value is -1.85. The highest BCUT2D eigenvalue weighted by atomic mass is 16.5. The number of hydrogen-bond donors (Lipinski definition) is 2. The van der Waals surface area contributed by atoms with Crippen molar-refractivity contribution in [1.82, 2.24) is 15.1 Å². The molecule has 0 amide bonds. The second-order valence-corrected chi connectivity index (χ2v) is 4.82. The minimum Gasteiger partial charge on any atom is -0.491 e. The number of para-hydroxylation sites is 1. The van der Waals surface area contributed by atoms with E-state index in [4.69, 9.17) is 4.74 Å². The summed E-state index contributed by atoms with van der Waals surface area (Å²) in [4.78, 5) is 0. The van der Waals surface area contributed by atoms with E-state index in [2.05, 4.69) is 10.4 Å². The van der Waals surface area contributed by atoms with Crippen molar-refractivity contribution in [3.8, 4) is 5.75 Å². The molecule has 0 spiro atoms. The zero-order valence-electron chi connectivity index (χ0n) is 11.9. The fourth-order valence-corrected chi connectivity index (χ4v) is 1.96. The van der Waals surface area contributed by atoms with Gasteiger partial charge >= 0.3 is 0 Å². The van der Waals surface area contributed by atoms with Gasteiger partial charge in [0.15, 0.2) is 0 Å². The molecule has 1 unspecified atom stereocenters. The van der Waals surface area contributed by atoms with Gasteiger partial charge in [0.2, 0.25) is 0 Å². The SMILES string of the molecule is Cc1nn(C)cc1CNCC(O)COc1ccccc1. The van der Waals surface area contributed by atoms with Gasteiger partial charge in [-0.2, -0.15) is 5.10 Å². The third-order valence-electron chi connectivity index (χ3n) is 3.00. The first-order chi connectivity index (χ1) is 9.65. The van der Waals surface area contributed by atoms with Gasteiger partial charge in [-0.3, -0.25) is 4.68 Å². The first-order valence-corrected chi connectivity index (χ1v) is 6.71. The summed E-state index contributed by atoms with van der Waals surface area (Å²) < 4.78 is 7.28. The zero-order valence-corrected chi connectivity index (χ0v) is 11.9. The molecule has 0 radical (unpaired) electrons. The lowest BCUT2D eigenvalue weighted by molar-refractivity contribution is 0.106. The van der Waals surface area contributed by atoms with Gasteiger partial charge in [-0.15, -0.1) is 0 Å². The lowest BCUT2D eigenvalue weighted by atomic mass is 10.2. The Morgan fingerprint density at radius 2 is 2.10 bits per heavy atom. The normalized spacial score (nSPS) is 12.3. The van der Waals surface area contributed by atoms with Crippen LogP contribution in [0.1, 0.15) is 11.3 Å². The largest absolute Gasteiger partial charge is 0.491 e. The van der Waals surface area contributed by atoms with Crippen LogP contribution >= 0.6 is 0 Å². The average molecular weight is 275 g/mol. The Balaban J connectivity index is 1.68. The Morgan fingerprint density at radius 1 is 1.35 bits per heavy atom. The molecule has 2 rings (SSSR count). The monoisotopic (exact) mass is 275 g/mol. The Bertz CT molecular complexity index is 525. The van der Waals surface area contributed by atoms with E-state index >= 15 is 0 Å². The van der Waals surface area contributed by atoms with E-state index in [1.165, 1.54) is 0 Å². The van der Waals surface area contributed by atoms with Crippen molar-refractivity contribution in [2.75, 3.05) is 13.2 Å². The molecule has 2 aromatic rings. The van der Waals surface area contributed by atoms with Gasteiger partial charge < -0.3 is 15.2 Å². The van der Waals surface area contributed by atoms with Crippen LogP contribution in [-0.2, 0) is 13.6 Å². The molecule has 5 heteroatoms. The first-order valence-electron chi connectivity index (χ1n) is 6.71. The molecule has 1 aromatic heterocycles. The summed E-state index contributed by atoms with van der Waals surface area (Å²) in [6.45, 7) is 3.44. The molecule has 0 saturated heterocycles. The Kier molecular flexibility index (Phi) is 5.15. The maximum absolute atomic E-state index is 9.85. The maximum atomic E-state index is 9.85. The van der Waals surface area contributed by atoms with E-state index in [1.807, 2.05) is 50.5 Å². The topological polar surface area (TPSA) is 59.3 Å². The number of benzene rings is 1. The van der Waals surface area contributed by atoms with Crippen molar-refractivity contribution in [3.63, 3.8) is 0 Å². The number of hydrogen-bond acceptors (Lipinski definition) is 4. The molecule has 0 aliphatic carbocycles. The molecular formula is C15H21N3O2. The number of aromatic nitrogens is 2. The second-order valence-electron chi connectivity index (χ2n) is 4.82. The van der Waals surface area contributed by atoms with Crippen LogP contribution in [-0.4, -0.2) is 34.1 Å². The molecule has 0 saturated carbocycles. The second kappa shape index (κ2) is 7.07. The van der Waals surface area contributed by atoms with E-state index < -0.39 is 6.10 Å². The van der Waals surface area contributed by atoms with Gasteiger partial charge in [-0.05, 0) is 19.1 Å². The summed E-state index contributed by atoms with van der Waals surface area (Å²) in [7, 11) is 1.90. The van der Waals surface area contributed by atoms with Crippen LogP contribution in [0.2, 0.25) is 0 Å². The number of aryl methyl sites for hydroxylation is 2. The number of aliphatic hydroxyl groups excluding tert-OH is 1. The summed E-state index contributed by atoms with van der Waals surface area (Å²) in [5.74, 6) is 0.773. The van der Waals surface area contributed by atoms with Gasteiger partial charge in [0.25, 0.3) is 0 Å². The molecule has 0 aliphatic heterocycles. The predicted molar refractivity (Wildman–Crippen MR) is 77.6 cm³/mol. The van der Waals surface area contributed by atoms with Crippen molar-refractivity contribution in [2.45, 2.75) is 19.6 Å². The van der Waals surface area contributed by atoms with Crippen molar-refractivity contribution < 1.29 is 9.84 Å². The lowest BCUT2D eigenvalue weighted by Crippen LogP contribution is -2.31. The van der Waals surface area contributed by atoms with Gasteiger partial charge in [0, 0.05) is 31.9 Å². The standard InChI is InChI=1S/C15H21N3O2/c1-12-13(10-18(2)17-12)8-16-9-14(19)11-20-15-6-4-3-5-7-15/h3-7,10,14,16,19H,8-9,11H2,1-2H3. The minimum atomic E-state index is -0.535. The predicted octanol–water partition coefficient (Wildman–Crippen LogP) is 1.26. The fraction of sp³-hybridized carbons (Fsp3) is 0.400. The quantitative estimate of drug-likeness (QED) is 0.798. The molecule has 0 fully saturated rings. The van der Waals surface area contributed by atoms with Crippen LogP contribution in [0.25, 0.3) is 0 Å². The van der Waals surface area contributed by atoms with E-state index in [-0.39, 0.29) is 6.61 Å². The van der Waals surface area contributed by atoms with Crippen LogP contribution in [0, 0.1) is 6.92 Å². The molecule has 108 valence electrons. The smallest absolute Gasteiger partial charge is 0.119 e. The summed E-state index contributed by atoms with van der Waals surface area (Å²) in [5, 5.41) is 17.3. The number of rotatable bonds is 7. The molecule has 5 nitrogen and oxygen atoms in total. The minimum absolute atomic E-state index is 0.281. The average Bonchev–Trinajstić information content (AvgIpc) is 2.76. The molecule has 1 aromatic carbocycles. The van der Waals surface area contributed by atoms with Crippen LogP contribution in [0.4, 0.5) is 0 Å². The highest BCUT2D eigenvalue weighted by molar-refractivity contribution is 5.20. The highest BCUT2D eigenvalue weighted by Gasteiger charge is 2.07. The summed E-state index contributed by atoms with van der Waals surface area (Å²) in [6, 6.07) is 9.50. The zero-order chi connectivity index (χ0) is 14.4. The highest BCUT2D eigenvalue weighted by Crippen LogP contribution is 2.08. The third kappa shape index (κ3) is 4.36. The number of ether oxygens (including phenoxy) is 1. The van der Waals surface area contributed by atoms with Crippen molar-refractivity contribution in [3.05, 3.63) is 47.8 Å². The van der Waals surface area contributed by atoms with E-state index in [0.29, 0.717) is 13.1 Å². The van der Waals surface area contributed by atoms with Gasteiger partial charge in [-0.1, -0.05) is 18.2 Å². The first kappa shape index (κ1) is 14.6. The lowest BCUT2D eigenvalue weighted by Gasteiger charge is -2.13. The molecule has 0 bridgehead atoms. The van der Waals surface area contributed by atoms with Gasteiger partial charge in [0.1, 0.15) is 18.5 Å². The molecule has 0 aliphatic rings. The van der Waals surface area contributed by atoms with Gasteiger partial charge in [-0.25, -0.2) is 0 Å². The molecule has 1 heterocycles. The fourth-order valence-electron chi connectivity index (χ4n) is 1.96. The Morgan fingerprint density at radius 3 is 2.75 bits per heavy atom. The van der Waals surface area contributed by atoms with Crippen LogP contribution in [0.5, 0.6) is 5.75 Å². The molecule has 2 N–H and O–H groups in total. The van der Waals surface area contributed by atoms with E-state index in [0.717, 1.165) is 17.0 Å². The van der Waals surface area contributed by atoms with Crippen LogP contribution < -0.4 is 10.1 Å². The van der Waals surface area contributed by atoms with Crippen LogP contribution in [0.15, 0.2) is 36.5 Å². The van der Waals surface area contributed by atoms with Crippen molar-refractivity contribution in [2.24, 2.45) is 7.05 Å². The molecule has 1 atom stereocenters. The maximum Gasteiger partial charge on any atom is 0.119 e. The van der Waals surface area contributed by atoms with E-state index in [1.54, 1.807) is 4.68 Å². The van der Waals surface area contributed by atoms with Crippen molar-refractivity contribution >= 4 is 0 Å². The third-order valence-corrected chi connectivity index (χ3v) is 3.00. The van der Waals surface area contributed by atoms with E-state index in [9.17, 15) is 5.11 Å². The number of aliphatic hydroxyl groups is 1.